The van der Waals surface area contributed by atoms with Crippen molar-refractivity contribution in [2.24, 2.45) is 4.40 Å². The Labute approximate surface area is 211 Å². The summed E-state index contributed by atoms with van der Waals surface area (Å²) >= 11 is 11.9. The Morgan fingerprint density at radius 2 is 1.91 bits per heavy atom. The smallest absolute Gasteiger partial charge is 0.362 e. The summed E-state index contributed by atoms with van der Waals surface area (Å²) in [5, 5.41) is 7.73. The number of carbonyl (C=O) groups is 1. The van der Waals surface area contributed by atoms with Crippen LogP contribution in [0.5, 0.6) is 0 Å². The lowest BCUT2D eigenvalue weighted by Crippen LogP contribution is -2.61. The molecule has 12 heteroatoms. The Morgan fingerprint density at radius 3 is 2.54 bits per heavy atom. The molecule has 2 aromatic rings. The molecular formula is C23H15Cl2F4N3O2S. The lowest BCUT2D eigenvalue weighted by atomic mass is 9.83. The first-order valence-corrected chi connectivity index (χ1v) is 11.9. The van der Waals surface area contributed by atoms with Gasteiger partial charge in [0.25, 0.3) is 0 Å². The van der Waals surface area contributed by atoms with Crippen molar-refractivity contribution in [2.45, 2.75) is 36.0 Å². The molecule has 0 N–H and O–H groups in total. The van der Waals surface area contributed by atoms with Crippen LogP contribution in [0.25, 0.3) is 0 Å². The third-order valence-electron chi connectivity index (χ3n) is 6.54. The molecular weight excluding hydrogens is 529 g/mol. The molecule has 1 unspecified atom stereocenters. The second kappa shape index (κ2) is 8.37. The van der Waals surface area contributed by atoms with Gasteiger partial charge in [0.1, 0.15) is 12.0 Å². The van der Waals surface area contributed by atoms with E-state index >= 15 is 0 Å². The molecule has 0 radical (unpaired) electrons. The largest absolute Gasteiger partial charge is 0.409 e. The van der Waals surface area contributed by atoms with Crippen LogP contribution in [-0.4, -0.2) is 35.8 Å². The summed E-state index contributed by atoms with van der Waals surface area (Å²) in [4.78, 5) is 13.5. The Bertz CT molecular complexity index is 1300. The molecule has 1 amide bonds. The monoisotopic (exact) mass is 543 g/mol. The summed E-state index contributed by atoms with van der Waals surface area (Å²) in [6, 6.07) is 8.94. The SMILES string of the molecule is N#CCC(=O)N1CC2(C1)OCc1cc(C3=NSC(c4cc(Cl)c(F)c(Cl)c4)(C(F)(F)F)C3)ccc12. The maximum Gasteiger partial charge on any atom is 0.409 e. The lowest BCUT2D eigenvalue weighted by Gasteiger charge is -2.47. The number of hydrogen-bond acceptors (Lipinski definition) is 5. The van der Waals surface area contributed by atoms with Crippen LogP contribution in [-0.2, 0) is 26.5 Å². The topological polar surface area (TPSA) is 65.7 Å². The predicted molar refractivity (Wildman–Crippen MR) is 123 cm³/mol. The molecule has 2 aromatic carbocycles. The molecule has 0 aromatic heterocycles. The first-order valence-electron chi connectivity index (χ1n) is 10.4. The van der Waals surface area contributed by atoms with Gasteiger partial charge in [0, 0.05) is 6.42 Å². The van der Waals surface area contributed by atoms with E-state index in [-0.39, 0.29) is 30.2 Å². The van der Waals surface area contributed by atoms with Gasteiger partial charge in [-0.05, 0) is 52.4 Å². The van der Waals surface area contributed by atoms with E-state index in [1.165, 1.54) is 0 Å². The molecule has 1 atom stereocenters. The standard InChI is InChI=1S/C23H15Cl2F4N3O2S/c24-16-6-14(7-17(25)20(16)26)22(23(27,28)29)8-18(31-35-22)12-1-2-15-13(5-12)9-34-21(15)10-32(11-21)19(33)3-4-30/h1-2,5-7H,3,8-11H2. The van der Waals surface area contributed by atoms with E-state index in [1.807, 2.05) is 6.07 Å². The fraction of sp³-hybridized carbons (Fsp3) is 0.348. The highest BCUT2D eigenvalue weighted by molar-refractivity contribution is 7.99. The van der Waals surface area contributed by atoms with Gasteiger partial charge in [-0.1, -0.05) is 35.3 Å². The fourth-order valence-electron chi connectivity index (χ4n) is 4.67. The normalized spacial score (nSPS) is 22.5. The second-order valence-corrected chi connectivity index (χ2v) is 10.5. The molecule has 1 fully saturated rings. The molecule has 0 bridgehead atoms. The van der Waals surface area contributed by atoms with Gasteiger partial charge in [-0.15, -0.1) is 0 Å². The number of hydrogen-bond donors (Lipinski definition) is 0. The molecule has 3 aliphatic rings. The number of fused-ring (bicyclic) bond motifs is 2. The third kappa shape index (κ3) is 3.80. The highest BCUT2D eigenvalue weighted by Gasteiger charge is 2.60. The molecule has 5 rings (SSSR count). The average molecular weight is 544 g/mol. The molecule has 5 nitrogen and oxygen atoms in total. The van der Waals surface area contributed by atoms with Crippen molar-refractivity contribution >= 4 is 46.8 Å². The third-order valence-corrected chi connectivity index (χ3v) is 8.33. The van der Waals surface area contributed by atoms with Crippen LogP contribution in [0.2, 0.25) is 10.0 Å². The summed E-state index contributed by atoms with van der Waals surface area (Å²) in [5.74, 6) is -1.25. The number of nitriles is 1. The lowest BCUT2D eigenvalue weighted by molar-refractivity contribution is -0.167. The molecule has 35 heavy (non-hydrogen) atoms. The molecule has 0 saturated carbocycles. The van der Waals surface area contributed by atoms with E-state index in [4.69, 9.17) is 33.2 Å². The Balaban J connectivity index is 1.41. The van der Waals surface area contributed by atoms with Gasteiger partial charge in [0.15, 0.2) is 10.6 Å². The number of ether oxygens (including phenoxy) is 1. The molecule has 1 spiro atoms. The van der Waals surface area contributed by atoms with E-state index in [2.05, 4.69) is 4.40 Å². The summed E-state index contributed by atoms with van der Waals surface area (Å²) in [6.07, 6.45) is -5.41. The summed E-state index contributed by atoms with van der Waals surface area (Å²) in [7, 11) is 0. The number of nitrogens with zero attached hydrogens (tertiary/aromatic N) is 3. The minimum absolute atomic E-state index is 0.204. The number of benzene rings is 2. The van der Waals surface area contributed by atoms with Crippen LogP contribution in [0.1, 0.15) is 35.1 Å². The first kappa shape index (κ1) is 24.4. The predicted octanol–water partition coefficient (Wildman–Crippen LogP) is 5.91. The van der Waals surface area contributed by atoms with E-state index in [0.29, 0.717) is 30.6 Å². The van der Waals surface area contributed by atoms with Gasteiger partial charge in [-0.3, -0.25) is 4.79 Å². The van der Waals surface area contributed by atoms with Gasteiger partial charge in [0.05, 0.1) is 41.5 Å². The van der Waals surface area contributed by atoms with E-state index in [1.54, 1.807) is 23.1 Å². The summed E-state index contributed by atoms with van der Waals surface area (Å²) in [6.45, 7) is 0.886. The molecule has 3 aliphatic heterocycles. The quantitative estimate of drug-likeness (QED) is 0.274. The van der Waals surface area contributed by atoms with Crippen molar-refractivity contribution in [1.29, 1.82) is 5.26 Å². The Kier molecular flexibility index (Phi) is 5.83. The van der Waals surface area contributed by atoms with E-state index in [0.717, 1.165) is 23.3 Å². The maximum absolute atomic E-state index is 14.3. The minimum Gasteiger partial charge on any atom is -0.362 e. The van der Waals surface area contributed by atoms with Crippen LogP contribution in [0.4, 0.5) is 17.6 Å². The van der Waals surface area contributed by atoms with Crippen molar-refractivity contribution in [3.05, 3.63) is 68.4 Å². The van der Waals surface area contributed by atoms with E-state index in [9.17, 15) is 22.4 Å². The average Bonchev–Trinajstić information content (AvgIpc) is 3.39. The van der Waals surface area contributed by atoms with Gasteiger partial charge in [0.2, 0.25) is 5.91 Å². The van der Waals surface area contributed by atoms with Gasteiger partial charge in [-0.25, -0.2) is 8.79 Å². The van der Waals surface area contributed by atoms with Crippen LogP contribution < -0.4 is 0 Å². The second-order valence-electron chi connectivity index (χ2n) is 8.62. The molecule has 3 heterocycles. The fourth-order valence-corrected chi connectivity index (χ4v) is 6.12. The number of halogens is 6. The van der Waals surface area contributed by atoms with Crippen LogP contribution >= 0.6 is 35.1 Å². The van der Waals surface area contributed by atoms with Crippen molar-refractivity contribution in [3.63, 3.8) is 0 Å². The first-order chi connectivity index (χ1) is 16.5. The molecule has 182 valence electrons. The van der Waals surface area contributed by atoms with Crippen LogP contribution in [0.3, 0.4) is 0 Å². The number of alkyl halides is 3. The number of likely N-dealkylation sites (tertiary alicyclic amines) is 1. The van der Waals surface area contributed by atoms with E-state index < -0.39 is 38.8 Å². The van der Waals surface area contributed by atoms with Gasteiger partial charge >= 0.3 is 6.18 Å². The zero-order valence-corrected chi connectivity index (χ0v) is 20.1. The number of amides is 1. The highest BCUT2D eigenvalue weighted by atomic mass is 35.5. The summed E-state index contributed by atoms with van der Waals surface area (Å²) in [5.41, 5.74) is 1.48. The Morgan fingerprint density at radius 1 is 1.23 bits per heavy atom. The van der Waals surface area contributed by atoms with Crippen molar-refractivity contribution in [1.82, 2.24) is 4.90 Å². The van der Waals surface area contributed by atoms with Crippen LogP contribution in [0.15, 0.2) is 34.7 Å². The summed E-state index contributed by atoms with van der Waals surface area (Å²) < 4.78 is 64.5. The maximum atomic E-state index is 14.3. The zero-order chi connectivity index (χ0) is 25.2. The zero-order valence-electron chi connectivity index (χ0n) is 17.8. The molecule has 1 saturated heterocycles. The number of rotatable bonds is 3. The highest BCUT2D eigenvalue weighted by Crippen LogP contribution is 2.57. The van der Waals surface area contributed by atoms with Gasteiger partial charge in [-0.2, -0.15) is 18.4 Å². The van der Waals surface area contributed by atoms with Gasteiger partial charge < -0.3 is 9.64 Å². The number of carbonyl (C=O) groups excluding carboxylic acids is 1. The van der Waals surface area contributed by atoms with Crippen LogP contribution in [0, 0.1) is 17.1 Å². The Hall–Kier alpha value is -2.32. The molecule has 0 aliphatic carbocycles. The van der Waals surface area contributed by atoms with Crippen molar-refractivity contribution in [2.75, 3.05) is 13.1 Å². The van der Waals surface area contributed by atoms with Crippen molar-refractivity contribution < 1.29 is 27.1 Å². The minimum atomic E-state index is -4.72. The van der Waals surface area contributed by atoms with Crippen molar-refractivity contribution in [3.8, 4) is 6.07 Å².